The maximum Gasteiger partial charge on any atom is 0.243 e. The number of piperidine rings is 1. The summed E-state index contributed by atoms with van der Waals surface area (Å²) in [6, 6.07) is 11.8. The number of anilines is 2. The second kappa shape index (κ2) is 10.7. The van der Waals surface area contributed by atoms with Crippen LogP contribution in [0.3, 0.4) is 0 Å². The Morgan fingerprint density at radius 2 is 1.85 bits per heavy atom. The zero-order valence-corrected chi connectivity index (χ0v) is 20.0. The number of nitriles is 1. The number of nitrogens with one attached hydrogen (secondary N) is 2. The van der Waals surface area contributed by atoms with Crippen LogP contribution in [0, 0.1) is 18.3 Å². The molecule has 1 aliphatic rings. The summed E-state index contributed by atoms with van der Waals surface area (Å²) in [4.78, 5) is 12.8. The van der Waals surface area contributed by atoms with Crippen LogP contribution in [0.15, 0.2) is 41.3 Å². The highest BCUT2D eigenvalue weighted by atomic mass is 32.2. The lowest BCUT2D eigenvalue weighted by molar-refractivity contribution is -0.114. The molecule has 1 amide bonds. The molecule has 3 rings (SSSR count). The van der Waals surface area contributed by atoms with Crippen molar-refractivity contribution in [2.45, 2.75) is 51.0 Å². The lowest BCUT2D eigenvalue weighted by Crippen LogP contribution is -2.35. The summed E-state index contributed by atoms with van der Waals surface area (Å²) in [5.74, 6) is 0.200. The van der Waals surface area contributed by atoms with E-state index in [1.54, 1.807) is 30.3 Å². The zero-order valence-electron chi connectivity index (χ0n) is 19.2. The zero-order chi connectivity index (χ0) is 24.0. The number of amides is 1. The molecule has 1 heterocycles. The molecule has 2 N–H and O–H groups in total. The standard InChI is InChI=1S/C24H30N4O4S/c1-17(2)32-23-10-8-19(15-25)13-22(23)26-16-24(29)27-21-14-20(9-7-18(21)3)33(30,31)28-11-5-4-6-12-28/h7-10,13-14,17,26H,4-6,11-12,16H2,1-3H3,(H,27,29). The highest BCUT2D eigenvalue weighted by molar-refractivity contribution is 7.89. The first-order chi connectivity index (χ1) is 15.7. The van der Waals surface area contributed by atoms with Crippen molar-refractivity contribution in [3.05, 3.63) is 47.5 Å². The fourth-order valence-electron chi connectivity index (χ4n) is 3.61. The number of hydrogen-bond acceptors (Lipinski definition) is 6. The molecule has 0 atom stereocenters. The molecule has 0 unspecified atom stereocenters. The summed E-state index contributed by atoms with van der Waals surface area (Å²) in [5, 5.41) is 15.0. The average molecular weight is 471 g/mol. The molecule has 9 heteroatoms. The molecule has 0 spiro atoms. The van der Waals surface area contributed by atoms with Gasteiger partial charge in [0.25, 0.3) is 0 Å². The average Bonchev–Trinajstić information content (AvgIpc) is 2.80. The lowest BCUT2D eigenvalue weighted by atomic mass is 10.2. The summed E-state index contributed by atoms with van der Waals surface area (Å²) in [6.07, 6.45) is 2.68. The Morgan fingerprint density at radius 1 is 1.12 bits per heavy atom. The van der Waals surface area contributed by atoms with E-state index < -0.39 is 10.0 Å². The monoisotopic (exact) mass is 470 g/mol. The summed E-state index contributed by atoms with van der Waals surface area (Å²) < 4.78 is 33.2. The number of aryl methyl sites for hydroxylation is 1. The van der Waals surface area contributed by atoms with Gasteiger partial charge in [0.05, 0.1) is 34.9 Å². The van der Waals surface area contributed by atoms with E-state index in [1.165, 1.54) is 10.4 Å². The minimum Gasteiger partial charge on any atom is -0.489 e. The number of nitrogens with zero attached hydrogens (tertiary/aromatic N) is 2. The van der Waals surface area contributed by atoms with E-state index in [1.807, 2.05) is 20.8 Å². The van der Waals surface area contributed by atoms with Crippen LogP contribution in [0.5, 0.6) is 5.75 Å². The maximum absolute atomic E-state index is 13.0. The summed E-state index contributed by atoms with van der Waals surface area (Å²) >= 11 is 0. The van der Waals surface area contributed by atoms with E-state index in [4.69, 9.17) is 4.74 Å². The normalized spacial score (nSPS) is 14.5. The SMILES string of the molecule is Cc1ccc(S(=O)(=O)N2CCCCC2)cc1NC(=O)CNc1cc(C#N)ccc1OC(C)C. The molecule has 8 nitrogen and oxygen atoms in total. The molecule has 1 fully saturated rings. The van der Waals surface area contributed by atoms with Gasteiger partial charge < -0.3 is 15.4 Å². The molecule has 0 bridgehead atoms. The molecule has 1 saturated heterocycles. The van der Waals surface area contributed by atoms with Gasteiger partial charge >= 0.3 is 0 Å². The van der Waals surface area contributed by atoms with Gasteiger partial charge in [-0.25, -0.2) is 8.42 Å². The predicted octanol–water partition coefficient (Wildman–Crippen LogP) is 3.88. The Morgan fingerprint density at radius 3 is 2.52 bits per heavy atom. The molecule has 0 radical (unpaired) electrons. The van der Waals surface area contributed by atoms with Crippen molar-refractivity contribution in [3.63, 3.8) is 0 Å². The van der Waals surface area contributed by atoms with Crippen LogP contribution in [-0.4, -0.2) is 44.4 Å². The Hall–Kier alpha value is -3.09. The van der Waals surface area contributed by atoms with Gasteiger partial charge in [0, 0.05) is 18.8 Å². The second-order valence-electron chi connectivity index (χ2n) is 8.33. The van der Waals surface area contributed by atoms with Gasteiger partial charge in [0.1, 0.15) is 5.75 Å². The largest absolute Gasteiger partial charge is 0.489 e. The Bertz CT molecular complexity index is 1150. The summed E-state index contributed by atoms with van der Waals surface area (Å²) in [7, 11) is -3.60. The number of benzene rings is 2. The number of sulfonamides is 1. The van der Waals surface area contributed by atoms with Crippen molar-refractivity contribution >= 4 is 27.3 Å². The van der Waals surface area contributed by atoms with Crippen LogP contribution in [0.1, 0.15) is 44.2 Å². The quantitative estimate of drug-likeness (QED) is 0.606. The molecule has 33 heavy (non-hydrogen) atoms. The summed E-state index contributed by atoms with van der Waals surface area (Å²) in [6.45, 7) is 6.55. The smallest absolute Gasteiger partial charge is 0.243 e. The third-order valence-corrected chi connectivity index (χ3v) is 7.24. The van der Waals surface area contributed by atoms with Crippen LogP contribution < -0.4 is 15.4 Å². The highest BCUT2D eigenvalue weighted by Gasteiger charge is 2.26. The first-order valence-corrected chi connectivity index (χ1v) is 12.5. The van der Waals surface area contributed by atoms with Crippen molar-refractivity contribution < 1.29 is 17.9 Å². The fraction of sp³-hybridized carbons (Fsp3) is 0.417. The molecule has 1 aliphatic heterocycles. The van der Waals surface area contributed by atoms with Gasteiger partial charge in [-0.3, -0.25) is 4.79 Å². The number of carbonyl (C=O) groups excluding carboxylic acids is 1. The van der Waals surface area contributed by atoms with Crippen molar-refractivity contribution in [1.82, 2.24) is 4.31 Å². The highest BCUT2D eigenvalue weighted by Crippen LogP contribution is 2.27. The number of hydrogen-bond donors (Lipinski definition) is 2. The Labute approximate surface area is 195 Å². The second-order valence-corrected chi connectivity index (χ2v) is 10.3. The van der Waals surface area contributed by atoms with Gasteiger partial charge in [-0.1, -0.05) is 12.5 Å². The fourth-order valence-corrected chi connectivity index (χ4v) is 5.16. The molecule has 0 aromatic heterocycles. The van der Waals surface area contributed by atoms with Crippen molar-refractivity contribution in [2.24, 2.45) is 0 Å². The van der Waals surface area contributed by atoms with Gasteiger partial charge in [0.15, 0.2) is 0 Å². The molecule has 2 aromatic carbocycles. The Balaban J connectivity index is 1.72. The molecular formula is C24H30N4O4S. The first kappa shape index (κ1) is 24.6. The van der Waals surface area contributed by atoms with E-state index in [9.17, 15) is 18.5 Å². The van der Waals surface area contributed by atoms with E-state index in [0.717, 1.165) is 24.8 Å². The molecular weight excluding hydrogens is 440 g/mol. The van der Waals surface area contributed by atoms with Gasteiger partial charge in [0.2, 0.25) is 15.9 Å². The van der Waals surface area contributed by atoms with E-state index in [-0.39, 0.29) is 23.5 Å². The van der Waals surface area contributed by atoms with Crippen LogP contribution in [0.2, 0.25) is 0 Å². The van der Waals surface area contributed by atoms with Crippen LogP contribution in [-0.2, 0) is 14.8 Å². The number of carbonyl (C=O) groups is 1. The van der Waals surface area contributed by atoms with E-state index >= 15 is 0 Å². The first-order valence-electron chi connectivity index (χ1n) is 11.1. The van der Waals surface area contributed by atoms with Gasteiger partial charge in [-0.15, -0.1) is 0 Å². The van der Waals surface area contributed by atoms with E-state index in [2.05, 4.69) is 16.7 Å². The van der Waals surface area contributed by atoms with Gasteiger partial charge in [-0.05, 0) is 69.5 Å². The molecule has 176 valence electrons. The van der Waals surface area contributed by atoms with Crippen LogP contribution in [0.4, 0.5) is 11.4 Å². The number of rotatable bonds is 8. The van der Waals surface area contributed by atoms with Crippen molar-refractivity contribution in [3.8, 4) is 11.8 Å². The van der Waals surface area contributed by atoms with E-state index in [0.29, 0.717) is 35.8 Å². The summed E-state index contributed by atoms with van der Waals surface area (Å²) in [5.41, 5.74) is 2.19. The van der Waals surface area contributed by atoms with Crippen LogP contribution >= 0.6 is 0 Å². The minimum absolute atomic E-state index is 0.0699. The van der Waals surface area contributed by atoms with Gasteiger partial charge in [-0.2, -0.15) is 9.57 Å². The third-order valence-electron chi connectivity index (χ3n) is 5.35. The molecule has 2 aromatic rings. The number of ether oxygens (including phenoxy) is 1. The minimum atomic E-state index is -3.60. The van der Waals surface area contributed by atoms with Crippen molar-refractivity contribution in [1.29, 1.82) is 5.26 Å². The Kier molecular flexibility index (Phi) is 7.95. The topological polar surface area (TPSA) is 112 Å². The predicted molar refractivity (Wildman–Crippen MR) is 128 cm³/mol. The molecule has 0 aliphatic carbocycles. The maximum atomic E-state index is 13.0. The third kappa shape index (κ3) is 6.24. The van der Waals surface area contributed by atoms with Crippen LogP contribution in [0.25, 0.3) is 0 Å². The van der Waals surface area contributed by atoms with Crippen molar-refractivity contribution in [2.75, 3.05) is 30.3 Å². The molecule has 0 saturated carbocycles. The lowest BCUT2D eigenvalue weighted by Gasteiger charge is -2.26.